The number of amides is 1. The summed E-state index contributed by atoms with van der Waals surface area (Å²) in [7, 11) is 0. The molecule has 1 aromatic carbocycles. The minimum absolute atomic E-state index is 0. The molecule has 0 saturated heterocycles. The molecular formula is C19H27Cl2N3O. The van der Waals surface area contributed by atoms with Crippen molar-refractivity contribution in [3.05, 3.63) is 54.4 Å². The van der Waals surface area contributed by atoms with Crippen LogP contribution in [0.2, 0.25) is 0 Å². The summed E-state index contributed by atoms with van der Waals surface area (Å²) < 4.78 is 0. The van der Waals surface area contributed by atoms with Crippen LogP contribution in [0.1, 0.15) is 38.8 Å². The summed E-state index contributed by atoms with van der Waals surface area (Å²) in [4.78, 5) is 16.2. The molecule has 3 N–H and O–H groups in total. The lowest BCUT2D eigenvalue weighted by Gasteiger charge is -2.19. The Morgan fingerprint density at radius 3 is 2.24 bits per heavy atom. The van der Waals surface area contributed by atoms with Gasteiger partial charge in [-0.2, -0.15) is 0 Å². The largest absolute Gasteiger partial charge is 0.348 e. The number of benzene rings is 1. The van der Waals surface area contributed by atoms with Gasteiger partial charge in [0.15, 0.2) is 0 Å². The van der Waals surface area contributed by atoms with Crippen molar-refractivity contribution < 1.29 is 4.79 Å². The van der Waals surface area contributed by atoms with Crippen molar-refractivity contribution in [2.75, 3.05) is 0 Å². The summed E-state index contributed by atoms with van der Waals surface area (Å²) >= 11 is 0. The zero-order valence-corrected chi connectivity index (χ0v) is 16.4. The molecule has 1 aromatic heterocycles. The van der Waals surface area contributed by atoms with Crippen molar-refractivity contribution in [2.24, 2.45) is 11.7 Å². The van der Waals surface area contributed by atoms with E-state index in [9.17, 15) is 4.79 Å². The molecule has 1 heterocycles. The van der Waals surface area contributed by atoms with Gasteiger partial charge in [0.2, 0.25) is 5.91 Å². The van der Waals surface area contributed by atoms with E-state index in [4.69, 9.17) is 5.73 Å². The molecule has 0 aliphatic rings. The number of nitrogens with zero attached hydrogens (tertiary/aromatic N) is 1. The molecule has 2 atom stereocenters. The predicted octanol–water partition coefficient (Wildman–Crippen LogP) is 4.14. The number of carbonyl (C=O) groups is 1. The standard InChI is InChI=1S/C19H25N3O.2ClH/c1-13(2)11-18(20)19(23)22-14(3)15-6-8-16(9-7-15)17-5-4-10-21-12-17;;/h4-10,12-14,18H,11,20H2,1-3H3,(H,22,23);2*1H/t14?,18-;;/m0../s1. The van der Waals surface area contributed by atoms with Crippen LogP contribution in [0.5, 0.6) is 0 Å². The van der Waals surface area contributed by atoms with Crippen LogP contribution < -0.4 is 11.1 Å². The van der Waals surface area contributed by atoms with Crippen LogP contribution >= 0.6 is 24.8 Å². The normalized spacial score (nSPS) is 12.5. The average molecular weight is 384 g/mol. The maximum absolute atomic E-state index is 12.1. The third kappa shape index (κ3) is 7.02. The third-order valence-electron chi connectivity index (χ3n) is 3.83. The van der Waals surface area contributed by atoms with E-state index in [1.807, 2.05) is 49.5 Å². The number of rotatable bonds is 6. The maximum atomic E-state index is 12.1. The molecule has 6 heteroatoms. The zero-order valence-electron chi connectivity index (χ0n) is 14.8. The van der Waals surface area contributed by atoms with Crippen molar-refractivity contribution >= 4 is 30.7 Å². The van der Waals surface area contributed by atoms with Gasteiger partial charge in [0.25, 0.3) is 0 Å². The van der Waals surface area contributed by atoms with Crippen molar-refractivity contribution in [3.63, 3.8) is 0 Å². The van der Waals surface area contributed by atoms with Gasteiger partial charge in [-0.25, -0.2) is 0 Å². The van der Waals surface area contributed by atoms with E-state index in [0.29, 0.717) is 12.3 Å². The Balaban J connectivity index is 0.00000288. The average Bonchev–Trinajstić information content (AvgIpc) is 2.55. The van der Waals surface area contributed by atoms with Gasteiger partial charge in [0.1, 0.15) is 0 Å². The van der Waals surface area contributed by atoms with E-state index < -0.39 is 6.04 Å². The molecule has 25 heavy (non-hydrogen) atoms. The molecule has 0 bridgehead atoms. The number of halogens is 2. The highest BCUT2D eigenvalue weighted by molar-refractivity contribution is 5.85. The summed E-state index contributed by atoms with van der Waals surface area (Å²) in [6.45, 7) is 6.10. The number of hydrogen-bond acceptors (Lipinski definition) is 3. The molecule has 0 saturated carbocycles. The van der Waals surface area contributed by atoms with Crippen LogP contribution in [0.25, 0.3) is 11.1 Å². The molecule has 0 aliphatic heterocycles. The predicted molar refractivity (Wildman–Crippen MR) is 108 cm³/mol. The van der Waals surface area contributed by atoms with E-state index in [0.717, 1.165) is 16.7 Å². The first-order valence-corrected chi connectivity index (χ1v) is 8.03. The maximum Gasteiger partial charge on any atom is 0.237 e. The van der Waals surface area contributed by atoms with E-state index in [-0.39, 0.29) is 36.8 Å². The van der Waals surface area contributed by atoms with Crippen LogP contribution in [-0.2, 0) is 4.79 Å². The molecule has 2 aromatic rings. The van der Waals surface area contributed by atoms with Gasteiger partial charge in [-0.05, 0) is 42.0 Å². The first-order chi connectivity index (χ1) is 11.0. The summed E-state index contributed by atoms with van der Waals surface area (Å²) in [5.74, 6) is 0.312. The van der Waals surface area contributed by atoms with E-state index in [1.165, 1.54) is 0 Å². The molecule has 0 aliphatic carbocycles. The fourth-order valence-electron chi connectivity index (χ4n) is 2.52. The molecule has 4 nitrogen and oxygen atoms in total. The van der Waals surface area contributed by atoms with E-state index >= 15 is 0 Å². The van der Waals surface area contributed by atoms with Crippen LogP contribution in [-0.4, -0.2) is 16.9 Å². The van der Waals surface area contributed by atoms with Crippen LogP contribution in [0, 0.1) is 5.92 Å². The smallest absolute Gasteiger partial charge is 0.237 e. The Kier molecular flexibility index (Phi) is 10.4. The van der Waals surface area contributed by atoms with Crippen LogP contribution in [0.15, 0.2) is 48.8 Å². The Morgan fingerprint density at radius 1 is 1.08 bits per heavy atom. The summed E-state index contributed by atoms with van der Waals surface area (Å²) in [6.07, 6.45) is 4.29. The van der Waals surface area contributed by atoms with Crippen molar-refractivity contribution in [3.8, 4) is 11.1 Å². The zero-order chi connectivity index (χ0) is 16.8. The monoisotopic (exact) mass is 383 g/mol. The second kappa shape index (κ2) is 11.1. The van der Waals surface area contributed by atoms with Crippen LogP contribution in [0.4, 0.5) is 0 Å². The highest BCUT2D eigenvalue weighted by atomic mass is 35.5. The van der Waals surface area contributed by atoms with Crippen molar-refractivity contribution in [2.45, 2.75) is 39.3 Å². The van der Waals surface area contributed by atoms with Gasteiger partial charge in [-0.3, -0.25) is 9.78 Å². The number of pyridine rings is 1. The topological polar surface area (TPSA) is 68.0 Å². The second-order valence-corrected chi connectivity index (χ2v) is 6.33. The Labute approximate surface area is 162 Å². The van der Waals surface area contributed by atoms with Crippen LogP contribution in [0.3, 0.4) is 0 Å². The lowest BCUT2D eigenvalue weighted by molar-refractivity contribution is -0.123. The molecule has 0 spiro atoms. The first kappa shape index (κ1) is 23.4. The minimum Gasteiger partial charge on any atom is -0.348 e. The lowest BCUT2D eigenvalue weighted by Crippen LogP contribution is -2.42. The molecule has 0 fully saturated rings. The number of nitrogens with two attached hydrogens (primary N) is 1. The number of carbonyl (C=O) groups excluding carboxylic acids is 1. The summed E-state index contributed by atoms with van der Waals surface area (Å²) in [6, 6.07) is 11.6. The summed E-state index contributed by atoms with van der Waals surface area (Å²) in [5.41, 5.74) is 9.17. The van der Waals surface area contributed by atoms with E-state index in [2.05, 4.69) is 24.1 Å². The summed E-state index contributed by atoms with van der Waals surface area (Å²) in [5, 5.41) is 2.98. The Bertz CT molecular complexity index is 633. The third-order valence-corrected chi connectivity index (χ3v) is 3.83. The quantitative estimate of drug-likeness (QED) is 0.787. The molecule has 138 valence electrons. The SMILES string of the molecule is CC(C)C[C@H](N)C(=O)NC(C)c1ccc(-c2cccnc2)cc1.Cl.Cl. The molecule has 0 radical (unpaired) electrons. The molecule has 1 unspecified atom stereocenters. The fraction of sp³-hybridized carbons (Fsp3) is 0.368. The lowest BCUT2D eigenvalue weighted by atomic mass is 10.0. The minimum atomic E-state index is -0.452. The number of hydrogen-bond donors (Lipinski definition) is 2. The second-order valence-electron chi connectivity index (χ2n) is 6.33. The molecular weight excluding hydrogens is 357 g/mol. The van der Waals surface area contributed by atoms with Gasteiger partial charge in [0.05, 0.1) is 12.1 Å². The fourth-order valence-corrected chi connectivity index (χ4v) is 2.52. The van der Waals surface area contributed by atoms with Gasteiger partial charge >= 0.3 is 0 Å². The van der Waals surface area contributed by atoms with Gasteiger partial charge in [-0.1, -0.05) is 44.2 Å². The van der Waals surface area contributed by atoms with Crippen molar-refractivity contribution in [1.82, 2.24) is 10.3 Å². The number of nitrogens with one attached hydrogen (secondary N) is 1. The molecule has 2 rings (SSSR count). The Hall–Kier alpha value is -1.62. The highest BCUT2D eigenvalue weighted by Gasteiger charge is 2.17. The van der Waals surface area contributed by atoms with Gasteiger partial charge < -0.3 is 11.1 Å². The first-order valence-electron chi connectivity index (χ1n) is 8.03. The van der Waals surface area contributed by atoms with Gasteiger partial charge in [-0.15, -0.1) is 24.8 Å². The molecule has 1 amide bonds. The number of aromatic nitrogens is 1. The Morgan fingerprint density at radius 2 is 1.72 bits per heavy atom. The highest BCUT2D eigenvalue weighted by Crippen LogP contribution is 2.21. The van der Waals surface area contributed by atoms with E-state index in [1.54, 1.807) is 6.20 Å². The van der Waals surface area contributed by atoms with Gasteiger partial charge in [0, 0.05) is 12.4 Å². The van der Waals surface area contributed by atoms with Crippen molar-refractivity contribution in [1.29, 1.82) is 0 Å².